The van der Waals surface area contributed by atoms with Crippen LogP contribution in [0, 0.1) is 11.3 Å². The van der Waals surface area contributed by atoms with Crippen molar-refractivity contribution in [1.29, 1.82) is 5.26 Å². The Morgan fingerprint density at radius 2 is 2.12 bits per heavy atom. The highest BCUT2D eigenvalue weighted by atomic mass is 16.6. The van der Waals surface area contributed by atoms with Gasteiger partial charge in [-0.1, -0.05) is 23.7 Å². The van der Waals surface area contributed by atoms with Crippen molar-refractivity contribution in [3.8, 4) is 6.07 Å². The predicted molar refractivity (Wildman–Crippen MR) is 66.7 cm³/mol. The van der Waals surface area contributed by atoms with Gasteiger partial charge in [0, 0.05) is 0 Å². The quantitative estimate of drug-likeness (QED) is 0.589. The van der Waals surface area contributed by atoms with Gasteiger partial charge in [0.05, 0.1) is 17.8 Å². The molecule has 1 saturated carbocycles. The van der Waals surface area contributed by atoms with Gasteiger partial charge in [0.25, 0.3) is 0 Å². The fraction of sp³-hybridized carbons (Fsp3) is 0.429. The molecule has 1 fully saturated rings. The lowest BCUT2D eigenvalue weighted by molar-refractivity contribution is 0.0340. The van der Waals surface area contributed by atoms with E-state index in [4.69, 9.17) is 10.1 Å². The summed E-state index contributed by atoms with van der Waals surface area (Å²) in [5.74, 6) is 0. The van der Waals surface area contributed by atoms with E-state index in [-0.39, 0.29) is 6.10 Å². The number of oxime groups is 1. The molecule has 0 N–H and O–H groups in total. The van der Waals surface area contributed by atoms with E-state index >= 15 is 0 Å². The van der Waals surface area contributed by atoms with Crippen LogP contribution in [0.25, 0.3) is 0 Å². The molecule has 1 aliphatic carbocycles. The Morgan fingerprint density at radius 3 is 2.88 bits per heavy atom. The van der Waals surface area contributed by atoms with Crippen molar-refractivity contribution in [3.63, 3.8) is 0 Å². The normalized spacial score (nSPS) is 16.9. The van der Waals surface area contributed by atoms with Crippen molar-refractivity contribution in [2.75, 3.05) is 0 Å². The minimum absolute atomic E-state index is 0.277. The summed E-state index contributed by atoms with van der Waals surface area (Å²) in [6, 6.07) is 9.44. The molecule has 2 rings (SSSR count). The molecule has 0 heterocycles. The van der Waals surface area contributed by atoms with Gasteiger partial charge in [-0.3, -0.25) is 0 Å². The van der Waals surface area contributed by atoms with Gasteiger partial charge < -0.3 is 4.84 Å². The van der Waals surface area contributed by atoms with Crippen molar-refractivity contribution >= 4 is 6.21 Å². The number of nitriles is 1. The molecule has 0 atom stereocenters. The summed E-state index contributed by atoms with van der Waals surface area (Å²) < 4.78 is 0. The second kappa shape index (κ2) is 6.05. The van der Waals surface area contributed by atoms with E-state index in [9.17, 15) is 0 Å². The monoisotopic (exact) mass is 228 g/mol. The summed E-state index contributed by atoms with van der Waals surface area (Å²) in [5, 5.41) is 12.8. The van der Waals surface area contributed by atoms with Crippen LogP contribution in [0.2, 0.25) is 0 Å². The summed E-state index contributed by atoms with van der Waals surface area (Å²) in [5.41, 5.74) is 1.55. The van der Waals surface area contributed by atoms with Crippen LogP contribution in [0.1, 0.15) is 43.2 Å². The van der Waals surface area contributed by atoms with E-state index in [1.807, 2.05) is 12.1 Å². The zero-order valence-corrected chi connectivity index (χ0v) is 9.80. The number of nitrogens with zero attached hydrogens (tertiary/aromatic N) is 2. The third kappa shape index (κ3) is 3.60. The van der Waals surface area contributed by atoms with Gasteiger partial charge in [-0.25, -0.2) is 0 Å². The van der Waals surface area contributed by atoms with Crippen LogP contribution in [0.4, 0.5) is 0 Å². The largest absolute Gasteiger partial charge is 0.393 e. The highest BCUT2D eigenvalue weighted by Crippen LogP contribution is 2.20. The lowest BCUT2D eigenvalue weighted by Gasteiger charge is -2.18. The van der Waals surface area contributed by atoms with Crippen LogP contribution < -0.4 is 0 Å². The highest BCUT2D eigenvalue weighted by molar-refractivity contribution is 5.79. The first-order chi connectivity index (χ1) is 8.38. The molecular weight excluding hydrogens is 212 g/mol. The lowest BCUT2D eigenvalue weighted by atomic mass is 9.98. The van der Waals surface area contributed by atoms with Crippen molar-refractivity contribution in [1.82, 2.24) is 0 Å². The Balaban J connectivity index is 1.89. The molecule has 1 aromatic carbocycles. The van der Waals surface area contributed by atoms with Crippen LogP contribution in [0.5, 0.6) is 0 Å². The second-order valence-electron chi connectivity index (χ2n) is 4.34. The minimum Gasteiger partial charge on any atom is -0.393 e. The minimum atomic E-state index is 0.277. The van der Waals surface area contributed by atoms with E-state index in [1.165, 1.54) is 19.3 Å². The van der Waals surface area contributed by atoms with Crippen LogP contribution in [0.3, 0.4) is 0 Å². The first-order valence-corrected chi connectivity index (χ1v) is 6.08. The zero-order valence-electron chi connectivity index (χ0n) is 9.80. The van der Waals surface area contributed by atoms with Gasteiger partial charge in [-0.2, -0.15) is 5.26 Å². The van der Waals surface area contributed by atoms with E-state index in [1.54, 1.807) is 18.3 Å². The maximum Gasteiger partial charge on any atom is 0.127 e. The van der Waals surface area contributed by atoms with Gasteiger partial charge in [0.15, 0.2) is 0 Å². The molecule has 17 heavy (non-hydrogen) atoms. The first-order valence-electron chi connectivity index (χ1n) is 6.08. The Hall–Kier alpha value is -1.82. The fourth-order valence-electron chi connectivity index (χ4n) is 2.04. The van der Waals surface area contributed by atoms with Gasteiger partial charge in [-0.15, -0.1) is 0 Å². The fourth-order valence-corrected chi connectivity index (χ4v) is 2.04. The third-order valence-corrected chi connectivity index (χ3v) is 2.98. The van der Waals surface area contributed by atoms with Gasteiger partial charge in [-0.05, 0) is 43.4 Å². The lowest BCUT2D eigenvalue weighted by Crippen LogP contribution is -2.13. The molecule has 0 spiro atoms. The SMILES string of the molecule is N#Cc1cccc(C=NOC2CCCCC2)c1. The number of rotatable bonds is 3. The molecule has 0 saturated heterocycles. The van der Waals surface area contributed by atoms with Gasteiger partial charge in [0.1, 0.15) is 6.10 Å². The Labute approximate surface area is 102 Å². The van der Waals surface area contributed by atoms with Crippen LogP contribution >= 0.6 is 0 Å². The molecule has 0 aliphatic heterocycles. The third-order valence-electron chi connectivity index (χ3n) is 2.98. The van der Waals surface area contributed by atoms with E-state index in [2.05, 4.69) is 11.2 Å². The van der Waals surface area contributed by atoms with Crippen molar-refractivity contribution < 1.29 is 4.84 Å². The van der Waals surface area contributed by atoms with Crippen molar-refractivity contribution in [3.05, 3.63) is 35.4 Å². The van der Waals surface area contributed by atoms with Crippen molar-refractivity contribution in [2.45, 2.75) is 38.2 Å². The topological polar surface area (TPSA) is 45.4 Å². The van der Waals surface area contributed by atoms with Gasteiger partial charge >= 0.3 is 0 Å². The number of hydrogen-bond donors (Lipinski definition) is 0. The summed E-state index contributed by atoms with van der Waals surface area (Å²) in [6.45, 7) is 0. The summed E-state index contributed by atoms with van der Waals surface area (Å²) in [7, 11) is 0. The molecule has 1 aliphatic rings. The van der Waals surface area contributed by atoms with Crippen LogP contribution in [-0.4, -0.2) is 12.3 Å². The molecular formula is C14H16N2O. The smallest absolute Gasteiger partial charge is 0.127 e. The maximum atomic E-state index is 8.77. The summed E-state index contributed by atoms with van der Waals surface area (Å²) >= 11 is 0. The standard InChI is InChI=1S/C14H16N2O/c15-10-12-5-4-6-13(9-12)11-16-17-14-7-2-1-3-8-14/h4-6,9,11,14H,1-3,7-8H2. The molecule has 1 aromatic rings. The van der Waals surface area contributed by atoms with Crippen LogP contribution in [-0.2, 0) is 4.84 Å². The highest BCUT2D eigenvalue weighted by Gasteiger charge is 2.13. The second-order valence-corrected chi connectivity index (χ2v) is 4.34. The molecule has 0 unspecified atom stereocenters. The number of hydrogen-bond acceptors (Lipinski definition) is 3. The number of benzene rings is 1. The first kappa shape index (κ1) is 11.7. The van der Waals surface area contributed by atoms with Crippen LogP contribution in [0.15, 0.2) is 29.4 Å². The molecule has 3 nitrogen and oxygen atoms in total. The Kier molecular flexibility index (Phi) is 4.15. The van der Waals surface area contributed by atoms with E-state index in [0.717, 1.165) is 18.4 Å². The molecule has 0 radical (unpaired) electrons. The summed E-state index contributed by atoms with van der Waals surface area (Å²) in [4.78, 5) is 5.45. The Bertz CT molecular complexity index is 428. The average molecular weight is 228 g/mol. The van der Waals surface area contributed by atoms with E-state index < -0.39 is 0 Å². The summed E-state index contributed by atoms with van der Waals surface area (Å²) in [6.07, 6.45) is 7.96. The molecule has 88 valence electrons. The maximum absolute atomic E-state index is 8.77. The molecule has 0 amide bonds. The van der Waals surface area contributed by atoms with Gasteiger partial charge in [0.2, 0.25) is 0 Å². The molecule has 3 heteroatoms. The molecule has 0 bridgehead atoms. The van der Waals surface area contributed by atoms with E-state index in [0.29, 0.717) is 5.56 Å². The van der Waals surface area contributed by atoms with Crippen molar-refractivity contribution in [2.24, 2.45) is 5.16 Å². The average Bonchev–Trinajstić information content (AvgIpc) is 2.40. The predicted octanol–water partition coefficient (Wildman–Crippen LogP) is 3.24. The molecule has 0 aromatic heterocycles. The zero-order chi connectivity index (χ0) is 11.9. The Morgan fingerprint density at radius 1 is 1.29 bits per heavy atom.